The van der Waals surface area contributed by atoms with Crippen molar-refractivity contribution in [3.63, 3.8) is 0 Å². The molecule has 1 unspecified atom stereocenters. The second-order valence-electron chi connectivity index (χ2n) is 9.40. The molecule has 0 amide bonds. The van der Waals surface area contributed by atoms with E-state index in [1.807, 2.05) is 6.07 Å². The van der Waals surface area contributed by atoms with Crippen LogP contribution in [0.1, 0.15) is 19.4 Å². The third-order valence-corrected chi connectivity index (χ3v) is 6.21. The SMILES string of the molecule is CC1(C)OC(C#N)C=C1C=C1C=CN(c2ccc(C(F)(F)C(F)(F)C(F)(F)C(F)(F)C(F)(F)C(F)(F)F)cc2)C=C1. The van der Waals surface area contributed by atoms with Crippen LogP contribution in [0.2, 0.25) is 0 Å². The first-order chi connectivity index (χ1) is 18.4. The molecule has 16 heteroatoms. The predicted octanol–water partition coefficient (Wildman–Crippen LogP) is 8.28. The van der Waals surface area contributed by atoms with Crippen LogP contribution >= 0.6 is 0 Å². The highest BCUT2D eigenvalue weighted by atomic mass is 19.4. The van der Waals surface area contributed by atoms with Crippen LogP contribution < -0.4 is 4.90 Å². The summed E-state index contributed by atoms with van der Waals surface area (Å²) < 4.78 is 180. The van der Waals surface area contributed by atoms with Crippen LogP contribution in [-0.2, 0) is 10.7 Å². The van der Waals surface area contributed by atoms with Crippen LogP contribution in [0, 0.1) is 11.3 Å². The molecule has 0 bridgehead atoms. The Morgan fingerprint density at radius 3 is 1.71 bits per heavy atom. The zero-order chi connectivity index (χ0) is 31.4. The number of nitriles is 1. The maximum Gasteiger partial charge on any atom is 0.460 e. The monoisotopic (exact) mass is 608 g/mol. The lowest BCUT2D eigenvalue weighted by Gasteiger charge is -2.39. The molecule has 0 saturated heterocycles. The van der Waals surface area contributed by atoms with Gasteiger partial charge in [-0.2, -0.15) is 62.3 Å². The summed E-state index contributed by atoms with van der Waals surface area (Å²) in [4.78, 5) is 1.23. The van der Waals surface area contributed by atoms with Gasteiger partial charge in [-0.25, -0.2) is 0 Å². The molecular formula is C25H17F13N2O. The first-order valence-corrected chi connectivity index (χ1v) is 11.2. The second-order valence-corrected chi connectivity index (χ2v) is 9.40. The van der Waals surface area contributed by atoms with Crippen molar-refractivity contribution < 1.29 is 61.8 Å². The average Bonchev–Trinajstić information content (AvgIpc) is 3.16. The second kappa shape index (κ2) is 9.81. The van der Waals surface area contributed by atoms with Crippen LogP contribution in [0.25, 0.3) is 0 Å². The Labute approximate surface area is 223 Å². The number of hydrogen-bond donors (Lipinski definition) is 0. The number of allylic oxidation sites excluding steroid dienone is 3. The molecule has 1 atom stereocenters. The lowest BCUT2D eigenvalue weighted by molar-refractivity contribution is -0.441. The van der Waals surface area contributed by atoms with Gasteiger partial charge in [0, 0.05) is 23.7 Å². The summed E-state index contributed by atoms with van der Waals surface area (Å²) in [6.07, 6.45) is 0.716. The Balaban J connectivity index is 1.85. The molecule has 1 aromatic carbocycles. The number of anilines is 1. The van der Waals surface area contributed by atoms with Gasteiger partial charge in [0.05, 0.1) is 11.7 Å². The van der Waals surface area contributed by atoms with Crippen molar-refractivity contribution in [1.82, 2.24) is 0 Å². The van der Waals surface area contributed by atoms with E-state index in [4.69, 9.17) is 10.00 Å². The predicted molar refractivity (Wildman–Crippen MR) is 118 cm³/mol. The van der Waals surface area contributed by atoms with E-state index in [1.165, 1.54) is 29.5 Å². The number of hydrogen-bond acceptors (Lipinski definition) is 3. The molecule has 224 valence electrons. The smallest absolute Gasteiger partial charge is 0.349 e. The highest BCUT2D eigenvalue weighted by Gasteiger charge is 2.90. The molecule has 0 N–H and O–H groups in total. The van der Waals surface area contributed by atoms with Gasteiger partial charge < -0.3 is 9.64 Å². The van der Waals surface area contributed by atoms with E-state index in [0.29, 0.717) is 23.3 Å². The van der Waals surface area contributed by atoms with Crippen molar-refractivity contribution in [1.29, 1.82) is 5.26 Å². The normalized spacial score (nSPS) is 20.2. The Kier molecular flexibility index (Phi) is 7.67. The molecule has 3 nitrogen and oxygen atoms in total. The first kappa shape index (κ1) is 32.0. The summed E-state index contributed by atoms with van der Waals surface area (Å²) in [5.74, 6) is -37.3. The van der Waals surface area contributed by atoms with Crippen molar-refractivity contribution in [2.45, 2.75) is 61.3 Å². The highest BCUT2D eigenvalue weighted by molar-refractivity contribution is 5.58. The van der Waals surface area contributed by atoms with Gasteiger partial charge in [0.25, 0.3) is 0 Å². The van der Waals surface area contributed by atoms with Crippen LogP contribution in [0.3, 0.4) is 0 Å². The van der Waals surface area contributed by atoms with Gasteiger partial charge in [0.2, 0.25) is 0 Å². The maximum absolute atomic E-state index is 14.4. The lowest BCUT2D eigenvalue weighted by atomic mass is 9.90. The molecule has 0 spiro atoms. The van der Waals surface area contributed by atoms with Crippen LogP contribution in [0.4, 0.5) is 62.8 Å². The van der Waals surface area contributed by atoms with Gasteiger partial charge in [-0.1, -0.05) is 12.1 Å². The molecule has 0 aromatic heterocycles. The Morgan fingerprint density at radius 2 is 1.27 bits per heavy atom. The van der Waals surface area contributed by atoms with E-state index in [9.17, 15) is 57.1 Å². The van der Waals surface area contributed by atoms with Gasteiger partial charge in [0.1, 0.15) is 0 Å². The van der Waals surface area contributed by atoms with E-state index in [0.717, 1.165) is 0 Å². The summed E-state index contributed by atoms with van der Waals surface area (Å²) in [6.45, 7) is 3.44. The third kappa shape index (κ3) is 5.08. The number of halogens is 13. The maximum atomic E-state index is 14.4. The van der Waals surface area contributed by atoms with Crippen molar-refractivity contribution in [3.05, 3.63) is 77.7 Å². The molecule has 0 radical (unpaired) electrons. The average molecular weight is 608 g/mol. The molecule has 0 saturated carbocycles. The molecule has 2 heterocycles. The van der Waals surface area contributed by atoms with Crippen LogP contribution in [-0.4, -0.2) is 41.6 Å². The Hall–Kier alpha value is -3.48. The van der Waals surface area contributed by atoms with Gasteiger partial charge in [-0.15, -0.1) is 0 Å². The van der Waals surface area contributed by atoms with Crippen molar-refractivity contribution >= 4 is 5.69 Å². The molecule has 2 aliphatic rings. The summed E-state index contributed by atoms with van der Waals surface area (Å²) in [5, 5.41) is 9.03. The number of ether oxygens (including phenoxy) is 1. The minimum Gasteiger partial charge on any atom is -0.349 e. The molecule has 2 aliphatic heterocycles. The summed E-state index contributed by atoms with van der Waals surface area (Å²) in [6, 6.07) is 3.46. The van der Waals surface area contributed by atoms with Gasteiger partial charge in [-0.3, -0.25) is 0 Å². The number of alkyl halides is 13. The number of nitrogens with zero attached hydrogens (tertiary/aromatic N) is 2. The van der Waals surface area contributed by atoms with Gasteiger partial charge in [0.15, 0.2) is 6.10 Å². The molecule has 1 aromatic rings. The minimum atomic E-state index is -7.95. The fourth-order valence-corrected chi connectivity index (χ4v) is 3.75. The standard InChI is InChI=1S/C25H17F13N2O/c1-19(2)16(12-18(13-39)41-19)11-14-7-9-40(10-8-14)17-5-3-15(4-6-17)20(26,27)21(28,29)22(30,31)23(32,33)24(34,35)25(36,37)38/h3-12,18H,1-2H3. The van der Waals surface area contributed by atoms with Crippen LogP contribution in [0.5, 0.6) is 0 Å². The van der Waals surface area contributed by atoms with E-state index >= 15 is 0 Å². The van der Waals surface area contributed by atoms with E-state index in [-0.39, 0.29) is 17.8 Å². The number of rotatable bonds is 7. The van der Waals surface area contributed by atoms with Gasteiger partial charge >= 0.3 is 35.8 Å². The molecular weight excluding hydrogens is 591 g/mol. The summed E-state index contributed by atoms with van der Waals surface area (Å²) in [5.41, 5.74) is -1.67. The van der Waals surface area contributed by atoms with Crippen molar-refractivity contribution in [3.8, 4) is 6.07 Å². The minimum absolute atomic E-state index is 0.0478. The molecule has 3 rings (SSSR count). The molecule has 0 aliphatic carbocycles. The van der Waals surface area contributed by atoms with Gasteiger partial charge in [-0.05, 0) is 61.4 Å². The largest absolute Gasteiger partial charge is 0.460 e. The highest BCUT2D eigenvalue weighted by Crippen LogP contribution is 2.62. The van der Waals surface area contributed by atoms with Crippen molar-refractivity contribution in [2.75, 3.05) is 4.90 Å². The van der Waals surface area contributed by atoms with E-state index in [2.05, 4.69) is 0 Å². The summed E-state index contributed by atoms with van der Waals surface area (Å²) in [7, 11) is 0. The number of benzene rings is 1. The Bertz CT molecular complexity index is 1310. The van der Waals surface area contributed by atoms with E-state index in [1.54, 1.807) is 26.0 Å². The molecule has 41 heavy (non-hydrogen) atoms. The van der Waals surface area contributed by atoms with E-state index < -0.39 is 53.1 Å². The quantitative estimate of drug-likeness (QED) is 0.293. The fraction of sp³-hybridized carbons (Fsp3) is 0.400. The molecule has 0 fully saturated rings. The fourth-order valence-electron chi connectivity index (χ4n) is 3.75. The lowest BCUT2D eigenvalue weighted by Crippen LogP contribution is -2.69. The Morgan fingerprint density at radius 1 is 0.780 bits per heavy atom. The zero-order valence-electron chi connectivity index (χ0n) is 20.6. The third-order valence-electron chi connectivity index (χ3n) is 6.21. The van der Waals surface area contributed by atoms with Crippen LogP contribution in [0.15, 0.2) is 72.1 Å². The summed E-state index contributed by atoms with van der Waals surface area (Å²) >= 11 is 0. The van der Waals surface area contributed by atoms with Crippen molar-refractivity contribution in [2.24, 2.45) is 0 Å². The first-order valence-electron chi connectivity index (χ1n) is 11.2. The zero-order valence-corrected chi connectivity index (χ0v) is 20.6. The topological polar surface area (TPSA) is 36.3 Å².